The van der Waals surface area contributed by atoms with Crippen molar-refractivity contribution in [2.24, 2.45) is 7.05 Å². The predicted molar refractivity (Wildman–Crippen MR) is 75.5 cm³/mol. The summed E-state index contributed by atoms with van der Waals surface area (Å²) in [5, 5.41) is 3.43. The van der Waals surface area contributed by atoms with E-state index in [1.807, 2.05) is 24.0 Å². The summed E-state index contributed by atoms with van der Waals surface area (Å²) in [4.78, 5) is 4.36. The molecule has 0 saturated heterocycles. The van der Waals surface area contributed by atoms with Gasteiger partial charge in [0.25, 0.3) is 0 Å². The molecule has 0 fully saturated rings. The van der Waals surface area contributed by atoms with Crippen LogP contribution in [0, 0.1) is 0 Å². The van der Waals surface area contributed by atoms with Crippen LogP contribution < -0.4 is 5.32 Å². The third-order valence-corrected chi connectivity index (χ3v) is 3.13. The number of benzene rings is 1. The number of likely N-dealkylation sites (N-methyl/N-ethyl adjacent to an activating group) is 1. The Balaban J connectivity index is 2.08. The van der Waals surface area contributed by atoms with Gasteiger partial charge in [0.2, 0.25) is 0 Å². The van der Waals surface area contributed by atoms with Gasteiger partial charge in [0, 0.05) is 31.0 Å². The Hall–Kier alpha value is -1.61. The normalized spacial score (nSPS) is 12.6. The van der Waals surface area contributed by atoms with Crippen molar-refractivity contribution in [3.63, 3.8) is 0 Å². The molecule has 1 aromatic carbocycles. The Kier molecular flexibility index (Phi) is 4.15. The number of rotatable bonds is 5. The molecule has 1 atom stereocenters. The summed E-state index contributed by atoms with van der Waals surface area (Å²) >= 11 is 0. The summed E-state index contributed by atoms with van der Waals surface area (Å²) < 4.78 is 2.04. The maximum Gasteiger partial charge on any atom is 0.139 e. The summed E-state index contributed by atoms with van der Waals surface area (Å²) in [5.74, 6) is 1.02. The highest BCUT2D eigenvalue weighted by molar-refractivity contribution is 5.55. The van der Waals surface area contributed by atoms with Crippen LogP contribution in [0.3, 0.4) is 0 Å². The van der Waals surface area contributed by atoms with Gasteiger partial charge in [-0.05, 0) is 25.5 Å². The van der Waals surface area contributed by atoms with Gasteiger partial charge in [0.15, 0.2) is 0 Å². The maximum atomic E-state index is 4.36. The second kappa shape index (κ2) is 5.83. The van der Waals surface area contributed by atoms with E-state index in [1.165, 1.54) is 11.1 Å². The molecule has 2 rings (SSSR count). The van der Waals surface area contributed by atoms with Gasteiger partial charge in [-0.25, -0.2) is 4.98 Å². The minimum atomic E-state index is 0.522. The number of aromatic nitrogens is 2. The number of imidazole rings is 1. The summed E-state index contributed by atoms with van der Waals surface area (Å²) in [6.45, 7) is 5.38. The fraction of sp³-hybridized carbons (Fsp3) is 0.400. The topological polar surface area (TPSA) is 29.9 Å². The summed E-state index contributed by atoms with van der Waals surface area (Å²) in [6.07, 6.45) is 4.86. The molecule has 0 bridgehead atoms. The molecule has 0 aliphatic rings. The molecule has 18 heavy (non-hydrogen) atoms. The zero-order chi connectivity index (χ0) is 13.0. The summed E-state index contributed by atoms with van der Waals surface area (Å²) in [6, 6.07) is 9.21. The highest BCUT2D eigenvalue weighted by Crippen LogP contribution is 2.17. The van der Waals surface area contributed by atoms with Gasteiger partial charge in [-0.15, -0.1) is 0 Å². The Labute approximate surface area is 109 Å². The average Bonchev–Trinajstić information content (AvgIpc) is 2.77. The van der Waals surface area contributed by atoms with Gasteiger partial charge >= 0.3 is 0 Å². The number of nitrogens with zero attached hydrogens (tertiary/aromatic N) is 2. The van der Waals surface area contributed by atoms with Crippen molar-refractivity contribution in [1.82, 2.24) is 14.9 Å². The van der Waals surface area contributed by atoms with Gasteiger partial charge in [-0.3, -0.25) is 0 Å². The predicted octanol–water partition coefficient (Wildman–Crippen LogP) is 2.63. The van der Waals surface area contributed by atoms with E-state index >= 15 is 0 Å². The molecule has 0 spiro atoms. The SMILES string of the molecule is CCNC(C)Cc1ccc(-c2nccn2C)cc1. The van der Waals surface area contributed by atoms with Crippen LogP contribution in [-0.4, -0.2) is 22.1 Å². The molecule has 0 radical (unpaired) electrons. The number of nitrogens with one attached hydrogen (secondary N) is 1. The van der Waals surface area contributed by atoms with Gasteiger partial charge in [0.1, 0.15) is 5.82 Å². The monoisotopic (exact) mass is 243 g/mol. The van der Waals surface area contributed by atoms with E-state index in [0.29, 0.717) is 6.04 Å². The molecule has 0 aliphatic heterocycles. The van der Waals surface area contributed by atoms with Crippen LogP contribution in [-0.2, 0) is 13.5 Å². The Morgan fingerprint density at radius 3 is 2.56 bits per heavy atom. The van der Waals surface area contributed by atoms with E-state index in [2.05, 4.69) is 48.4 Å². The molecule has 2 aromatic rings. The van der Waals surface area contributed by atoms with Crippen molar-refractivity contribution in [3.05, 3.63) is 42.2 Å². The van der Waals surface area contributed by atoms with E-state index in [0.717, 1.165) is 18.8 Å². The highest BCUT2D eigenvalue weighted by atomic mass is 15.0. The average molecular weight is 243 g/mol. The largest absolute Gasteiger partial charge is 0.334 e. The maximum absolute atomic E-state index is 4.36. The zero-order valence-electron chi connectivity index (χ0n) is 11.4. The van der Waals surface area contributed by atoms with Crippen LogP contribution >= 0.6 is 0 Å². The molecule has 0 saturated carbocycles. The van der Waals surface area contributed by atoms with E-state index in [4.69, 9.17) is 0 Å². The molecule has 3 nitrogen and oxygen atoms in total. The first-order chi connectivity index (χ1) is 8.70. The molecule has 1 unspecified atom stereocenters. The lowest BCUT2D eigenvalue weighted by Gasteiger charge is -2.12. The minimum Gasteiger partial charge on any atom is -0.334 e. The lowest BCUT2D eigenvalue weighted by atomic mass is 10.0. The van der Waals surface area contributed by atoms with E-state index in [9.17, 15) is 0 Å². The molecule has 1 aromatic heterocycles. The number of hydrogen-bond acceptors (Lipinski definition) is 2. The lowest BCUT2D eigenvalue weighted by molar-refractivity contribution is 0.565. The lowest BCUT2D eigenvalue weighted by Crippen LogP contribution is -2.27. The standard InChI is InChI=1S/C15H21N3/c1-4-16-12(2)11-13-5-7-14(8-6-13)15-17-9-10-18(15)3/h5-10,12,16H,4,11H2,1-3H3. The molecule has 1 heterocycles. The Bertz CT molecular complexity index is 485. The molecule has 3 heteroatoms. The molecule has 96 valence electrons. The van der Waals surface area contributed by atoms with Crippen LogP contribution in [0.25, 0.3) is 11.4 Å². The summed E-state index contributed by atoms with van der Waals surface area (Å²) in [5.41, 5.74) is 2.53. The first-order valence-corrected chi connectivity index (χ1v) is 6.50. The Morgan fingerprint density at radius 1 is 1.28 bits per heavy atom. The molecule has 1 N–H and O–H groups in total. The molecular formula is C15H21N3. The van der Waals surface area contributed by atoms with Crippen molar-refractivity contribution in [2.75, 3.05) is 6.54 Å². The van der Waals surface area contributed by atoms with Crippen molar-refractivity contribution < 1.29 is 0 Å². The molecule has 0 aliphatic carbocycles. The molecular weight excluding hydrogens is 222 g/mol. The van der Waals surface area contributed by atoms with Crippen LogP contribution in [0.1, 0.15) is 19.4 Å². The Morgan fingerprint density at radius 2 is 2.00 bits per heavy atom. The fourth-order valence-corrected chi connectivity index (χ4v) is 2.21. The van der Waals surface area contributed by atoms with Crippen LogP contribution in [0.5, 0.6) is 0 Å². The van der Waals surface area contributed by atoms with Crippen molar-refractivity contribution >= 4 is 0 Å². The fourth-order valence-electron chi connectivity index (χ4n) is 2.21. The van der Waals surface area contributed by atoms with Gasteiger partial charge in [-0.2, -0.15) is 0 Å². The van der Waals surface area contributed by atoms with Crippen LogP contribution in [0.4, 0.5) is 0 Å². The first-order valence-electron chi connectivity index (χ1n) is 6.50. The summed E-state index contributed by atoms with van der Waals surface area (Å²) in [7, 11) is 2.02. The van der Waals surface area contributed by atoms with E-state index < -0.39 is 0 Å². The second-order valence-corrected chi connectivity index (χ2v) is 4.72. The first kappa shape index (κ1) is 12.8. The van der Waals surface area contributed by atoms with Crippen LogP contribution in [0.2, 0.25) is 0 Å². The number of aryl methyl sites for hydroxylation is 1. The van der Waals surface area contributed by atoms with E-state index in [-0.39, 0.29) is 0 Å². The third-order valence-electron chi connectivity index (χ3n) is 3.13. The number of hydrogen-bond donors (Lipinski definition) is 1. The van der Waals surface area contributed by atoms with E-state index in [1.54, 1.807) is 0 Å². The highest BCUT2D eigenvalue weighted by Gasteiger charge is 2.05. The second-order valence-electron chi connectivity index (χ2n) is 4.72. The van der Waals surface area contributed by atoms with Crippen molar-refractivity contribution in [1.29, 1.82) is 0 Å². The zero-order valence-corrected chi connectivity index (χ0v) is 11.4. The van der Waals surface area contributed by atoms with Gasteiger partial charge in [-0.1, -0.05) is 31.2 Å². The van der Waals surface area contributed by atoms with Crippen LogP contribution in [0.15, 0.2) is 36.7 Å². The minimum absolute atomic E-state index is 0.522. The van der Waals surface area contributed by atoms with Crippen molar-refractivity contribution in [3.8, 4) is 11.4 Å². The third kappa shape index (κ3) is 2.99. The van der Waals surface area contributed by atoms with Crippen molar-refractivity contribution in [2.45, 2.75) is 26.3 Å². The quantitative estimate of drug-likeness (QED) is 0.875. The smallest absolute Gasteiger partial charge is 0.139 e. The van der Waals surface area contributed by atoms with Gasteiger partial charge < -0.3 is 9.88 Å². The van der Waals surface area contributed by atoms with Gasteiger partial charge in [0.05, 0.1) is 0 Å². The molecule has 0 amide bonds.